The van der Waals surface area contributed by atoms with Crippen molar-refractivity contribution in [3.8, 4) is 0 Å². The molecule has 0 aromatic heterocycles. The number of nitrogens with two attached hydrogens (primary N) is 1. The van der Waals surface area contributed by atoms with Gasteiger partial charge in [0.05, 0.1) is 0 Å². The monoisotopic (exact) mass is 254 g/mol. The van der Waals surface area contributed by atoms with E-state index in [2.05, 4.69) is 4.90 Å². The van der Waals surface area contributed by atoms with Gasteiger partial charge >= 0.3 is 0 Å². The van der Waals surface area contributed by atoms with Crippen LogP contribution < -0.4 is 5.73 Å². The van der Waals surface area contributed by atoms with Crippen molar-refractivity contribution in [3.63, 3.8) is 0 Å². The van der Waals surface area contributed by atoms with Gasteiger partial charge in [-0.3, -0.25) is 4.90 Å². The lowest BCUT2D eigenvalue weighted by atomic mass is 9.95. The van der Waals surface area contributed by atoms with Crippen LogP contribution in [0, 0.1) is 11.6 Å². The summed E-state index contributed by atoms with van der Waals surface area (Å²) in [5.41, 5.74) is 6.56. The van der Waals surface area contributed by atoms with E-state index >= 15 is 0 Å². The summed E-state index contributed by atoms with van der Waals surface area (Å²) >= 11 is 0. The minimum Gasteiger partial charge on any atom is -0.329 e. The molecule has 1 aromatic rings. The topological polar surface area (TPSA) is 29.3 Å². The third kappa shape index (κ3) is 2.70. The summed E-state index contributed by atoms with van der Waals surface area (Å²) in [6, 6.07) is 3.68. The zero-order chi connectivity index (χ0) is 13.2. The maximum absolute atomic E-state index is 13.1. The number of likely N-dealkylation sites (N-methyl/N-ethyl adjacent to an activating group) is 1. The molecule has 1 fully saturated rings. The first-order valence-corrected chi connectivity index (χ1v) is 6.42. The molecule has 0 heterocycles. The summed E-state index contributed by atoms with van der Waals surface area (Å²) < 4.78 is 26.3. The summed E-state index contributed by atoms with van der Waals surface area (Å²) in [5.74, 6) is -1.04. The highest BCUT2D eigenvalue weighted by Crippen LogP contribution is 2.34. The summed E-state index contributed by atoms with van der Waals surface area (Å²) in [4.78, 5) is 2.15. The Kier molecular flexibility index (Phi) is 3.97. The fraction of sp³-hybridized carbons (Fsp3) is 0.571. The van der Waals surface area contributed by atoms with E-state index in [1.807, 2.05) is 7.05 Å². The Morgan fingerprint density at radius 1 is 1.17 bits per heavy atom. The molecule has 0 atom stereocenters. The minimum atomic E-state index is -0.522. The fourth-order valence-corrected chi connectivity index (χ4v) is 2.92. The van der Waals surface area contributed by atoms with Crippen molar-refractivity contribution in [3.05, 3.63) is 35.4 Å². The van der Waals surface area contributed by atoms with Crippen molar-refractivity contribution in [2.24, 2.45) is 5.73 Å². The maximum Gasteiger partial charge on any atom is 0.126 e. The van der Waals surface area contributed by atoms with Gasteiger partial charge in [-0.2, -0.15) is 0 Å². The lowest BCUT2D eigenvalue weighted by Gasteiger charge is -2.38. The Morgan fingerprint density at radius 3 is 2.22 bits per heavy atom. The van der Waals surface area contributed by atoms with Crippen LogP contribution in [-0.2, 0) is 6.54 Å². The van der Waals surface area contributed by atoms with E-state index in [4.69, 9.17) is 5.73 Å². The highest BCUT2D eigenvalue weighted by atomic mass is 19.1. The Bertz CT molecular complexity index is 394. The lowest BCUT2D eigenvalue weighted by molar-refractivity contribution is 0.123. The molecule has 4 heteroatoms. The second-order valence-corrected chi connectivity index (χ2v) is 5.27. The Balaban J connectivity index is 2.12. The molecule has 0 spiro atoms. The van der Waals surface area contributed by atoms with E-state index in [1.165, 1.54) is 25.0 Å². The van der Waals surface area contributed by atoms with Gasteiger partial charge in [-0.25, -0.2) is 8.78 Å². The fourth-order valence-electron chi connectivity index (χ4n) is 2.92. The van der Waals surface area contributed by atoms with Crippen molar-refractivity contribution in [2.45, 2.75) is 37.8 Å². The van der Waals surface area contributed by atoms with E-state index in [0.29, 0.717) is 18.7 Å². The van der Waals surface area contributed by atoms with Crippen LogP contribution in [0.2, 0.25) is 0 Å². The molecular weight excluding hydrogens is 234 g/mol. The summed E-state index contributed by atoms with van der Waals surface area (Å²) in [5, 5.41) is 0. The van der Waals surface area contributed by atoms with E-state index < -0.39 is 11.6 Å². The third-order valence-corrected chi connectivity index (χ3v) is 4.07. The molecule has 0 radical (unpaired) electrons. The molecule has 1 aliphatic carbocycles. The standard InChI is InChI=1S/C14H20F2N2/c1-18(14(10-17)4-2-3-5-14)9-11-6-12(15)8-13(16)7-11/h6-8H,2-5,9-10,17H2,1H3. The van der Waals surface area contributed by atoms with Crippen LogP contribution in [0.1, 0.15) is 31.2 Å². The van der Waals surface area contributed by atoms with Gasteiger partial charge in [0.25, 0.3) is 0 Å². The molecular formula is C14H20F2N2. The number of halogens is 2. The van der Waals surface area contributed by atoms with Crippen LogP contribution in [0.5, 0.6) is 0 Å². The Morgan fingerprint density at radius 2 is 1.72 bits per heavy atom. The van der Waals surface area contributed by atoms with E-state index in [9.17, 15) is 8.78 Å². The molecule has 0 amide bonds. The Hall–Kier alpha value is -1.00. The van der Waals surface area contributed by atoms with E-state index in [-0.39, 0.29) is 5.54 Å². The van der Waals surface area contributed by atoms with Crippen molar-refractivity contribution in [1.29, 1.82) is 0 Å². The molecule has 0 aliphatic heterocycles. The molecule has 0 saturated heterocycles. The third-order valence-electron chi connectivity index (χ3n) is 4.07. The highest BCUT2D eigenvalue weighted by molar-refractivity contribution is 5.18. The number of benzene rings is 1. The average molecular weight is 254 g/mol. The van der Waals surface area contributed by atoms with Gasteiger partial charge in [0.2, 0.25) is 0 Å². The molecule has 2 nitrogen and oxygen atoms in total. The molecule has 100 valence electrons. The second kappa shape index (κ2) is 5.33. The summed E-state index contributed by atoms with van der Waals surface area (Å²) in [7, 11) is 1.99. The first kappa shape index (κ1) is 13.4. The molecule has 1 aliphatic rings. The number of rotatable bonds is 4. The molecule has 0 bridgehead atoms. The predicted molar refractivity (Wildman–Crippen MR) is 68.1 cm³/mol. The largest absolute Gasteiger partial charge is 0.329 e. The first-order valence-electron chi connectivity index (χ1n) is 6.42. The van der Waals surface area contributed by atoms with Gasteiger partial charge in [0, 0.05) is 24.7 Å². The number of nitrogens with zero attached hydrogens (tertiary/aromatic N) is 1. The highest BCUT2D eigenvalue weighted by Gasteiger charge is 2.36. The Labute approximate surface area is 107 Å². The SMILES string of the molecule is CN(Cc1cc(F)cc(F)c1)C1(CN)CCCC1. The molecule has 1 saturated carbocycles. The second-order valence-electron chi connectivity index (χ2n) is 5.27. The van der Waals surface area contributed by atoms with Crippen LogP contribution in [-0.4, -0.2) is 24.0 Å². The van der Waals surface area contributed by atoms with E-state index in [1.54, 1.807) is 0 Å². The summed E-state index contributed by atoms with van der Waals surface area (Å²) in [6.45, 7) is 1.13. The number of hydrogen-bond donors (Lipinski definition) is 1. The van der Waals surface area contributed by atoms with Crippen LogP contribution in [0.15, 0.2) is 18.2 Å². The van der Waals surface area contributed by atoms with Gasteiger partial charge in [0.1, 0.15) is 11.6 Å². The van der Waals surface area contributed by atoms with Crippen molar-refractivity contribution in [1.82, 2.24) is 4.90 Å². The van der Waals surface area contributed by atoms with Gasteiger partial charge in [-0.05, 0) is 37.6 Å². The first-order chi connectivity index (χ1) is 8.55. The average Bonchev–Trinajstić information content (AvgIpc) is 2.77. The lowest BCUT2D eigenvalue weighted by Crippen LogP contribution is -2.49. The van der Waals surface area contributed by atoms with Crippen LogP contribution in [0.4, 0.5) is 8.78 Å². The molecule has 2 rings (SSSR count). The smallest absolute Gasteiger partial charge is 0.126 e. The van der Waals surface area contributed by atoms with Crippen LogP contribution >= 0.6 is 0 Å². The molecule has 0 unspecified atom stereocenters. The summed E-state index contributed by atoms with van der Waals surface area (Å²) in [6.07, 6.45) is 4.49. The van der Waals surface area contributed by atoms with Gasteiger partial charge < -0.3 is 5.73 Å². The predicted octanol–water partition coefficient (Wildman–Crippen LogP) is 2.67. The van der Waals surface area contributed by atoms with Gasteiger partial charge in [-0.15, -0.1) is 0 Å². The zero-order valence-electron chi connectivity index (χ0n) is 10.8. The van der Waals surface area contributed by atoms with Crippen molar-refractivity contribution >= 4 is 0 Å². The van der Waals surface area contributed by atoms with Crippen molar-refractivity contribution in [2.75, 3.05) is 13.6 Å². The van der Waals surface area contributed by atoms with Gasteiger partial charge in [-0.1, -0.05) is 12.8 Å². The van der Waals surface area contributed by atoms with Gasteiger partial charge in [0.15, 0.2) is 0 Å². The van der Waals surface area contributed by atoms with Crippen LogP contribution in [0.3, 0.4) is 0 Å². The maximum atomic E-state index is 13.1. The van der Waals surface area contributed by atoms with Crippen molar-refractivity contribution < 1.29 is 8.78 Å². The molecule has 1 aromatic carbocycles. The zero-order valence-corrected chi connectivity index (χ0v) is 10.8. The minimum absolute atomic E-state index is 0.00277. The quantitative estimate of drug-likeness (QED) is 0.895. The van der Waals surface area contributed by atoms with E-state index in [0.717, 1.165) is 18.9 Å². The van der Waals surface area contributed by atoms with Crippen LogP contribution in [0.25, 0.3) is 0 Å². The normalized spacial score (nSPS) is 18.5. The molecule has 2 N–H and O–H groups in total. The molecule has 18 heavy (non-hydrogen) atoms. The number of hydrogen-bond acceptors (Lipinski definition) is 2.